The number of carbonyl (C=O) groups is 1. The number of ether oxygens (including phenoxy) is 6. The van der Waals surface area contributed by atoms with E-state index in [-0.39, 0.29) is 18.9 Å². The number of unbranched alkanes of at least 4 members (excludes halogenated alkanes) is 35. The van der Waals surface area contributed by atoms with Crippen LogP contribution in [-0.4, -0.2) is 193 Å². The van der Waals surface area contributed by atoms with Gasteiger partial charge in [0, 0.05) is 6.42 Å². The largest absolute Gasteiger partial charge is 0.394 e. The number of nitrogens with one attached hydrogen (secondary N) is 1. The molecule has 0 saturated carbocycles. The smallest absolute Gasteiger partial charge is 0.220 e. The highest BCUT2D eigenvalue weighted by molar-refractivity contribution is 5.76. The van der Waals surface area contributed by atoms with Crippen molar-refractivity contribution in [2.75, 3.05) is 26.4 Å². The first kappa shape index (κ1) is 77.8. The van der Waals surface area contributed by atoms with E-state index in [1.165, 1.54) is 173 Å². The van der Waals surface area contributed by atoms with Crippen LogP contribution < -0.4 is 5.32 Å². The minimum absolute atomic E-state index is 0.248. The average molecular weight is 1220 g/mol. The molecule has 3 aliphatic rings. The second-order valence-corrected chi connectivity index (χ2v) is 25.0. The number of rotatable bonds is 53. The van der Waals surface area contributed by atoms with E-state index >= 15 is 0 Å². The van der Waals surface area contributed by atoms with Crippen molar-refractivity contribution in [3.8, 4) is 0 Å². The highest BCUT2D eigenvalue weighted by Gasteiger charge is 2.53. The lowest BCUT2D eigenvalue weighted by Gasteiger charge is -2.48. The summed E-state index contributed by atoms with van der Waals surface area (Å²) in [5.41, 5.74) is 0. The predicted octanol–water partition coefficient (Wildman–Crippen LogP) is 8.50. The summed E-state index contributed by atoms with van der Waals surface area (Å²) in [6.07, 6.45) is 25.8. The van der Waals surface area contributed by atoms with E-state index in [0.717, 1.165) is 64.2 Å². The third-order valence-electron chi connectivity index (χ3n) is 17.6. The predicted molar refractivity (Wildman–Crippen MR) is 328 cm³/mol. The summed E-state index contributed by atoms with van der Waals surface area (Å²) in [6, 6.07) is -0.889. The molecule has 17 atom stereocenters. The van der Waals surface area contributed by atoms with Gasteiger partial charge in [-0.3, -0.25) is 4.79 Å². The zero-order valence-electron chi connectivity index (χ0n) is 52.9. The van der Waals surface area contributed by atoms with Gasteiger partial charge < -0.3 is 89.9 Å². The molecule has 17 unspecified atom stereocenters. The molecule has 3 aliphatic heterocycles. The van der Waals surface area contributed by atoms with Crippen LogP contribution in [0, 0.1) is 0 Å². The molecule has 0 radical (unpaired) electrons. The Morgan fingerprint density at radius 2 is 0.741 bits per heavy atom. The van der Waals surface area contributed by atoms with Crippen molar-refractivity contribution >= 4 is 5.91 Å². The number of carbonyl (C=O) groups excluding carboxylic acids is 1. The molecule has 0 aromatic rings. The van der Waals surface area contributed by atoms with E-state index in [1.54, 1.807) is 0 Å². The number of allylic oxidation sites excluding steroid dienone is 2. The Morgan fingerprint density at radius 1 is 0.412 bits per heavy atom. The quantitative estimate of drug-likeness (QED) is 0.0201. The van der Waals surface area contributed by atoms with Crippen LogP contribution in [0.5, 0.6) is 0 Å². The Morgan fingerprint density at radius 3 is 1.14 bits per heavy atom. The molecule has 0 aromatic heterocycles. The number of aliphatic hydroxyl groups is 11. The van der Waals surface area contributed by atoms with Crippen LogP contribution in [-0.2, 0) is 33.2 Å². The van der Waals surface area contributed by atoms with Crippen LogP contribution in [0.3, 0.4) is 0 Å². The van der Waals surface area contributed by atoms with Crippen LogP contribution in [0.15, 0.2) is 12.2 Å². The molecule has 3 fully saturated rings. The van der Waals surface area contributed by atoms with Gasteiger partial charge in [0.05, 0.1) is 38.6 Å². The second-order valence-electron chi connectivity index (χ2n) is 25.0. The van der Waals surface area contributed by atoms with E-state index in [1.807, 2.05) is 0 Å². The average Bonchev–Trinajstić information content (AvgIpc) is 3.49. The summed E-state index contributed by atoms with van der Waals surface area (Å²) in [4.78, 5) is 13.4. The maximum absolute atomic E-state index is 13.4. The normalized spacial score (nSPS) is 29.0. The molecule has 0 aromatic carbocycles. The lowest BCUT2D eigenvalue weighted by Crippen LogP contribution is -2.66. The second kappa shape index (κ2) is 49.3. The fourth-order valence-corrected chi connectivity index (χ4v) is 12.0. The van der Waals surface area contributed by atoms with Crippen molar-refractivity contribution in [2.45, 2.75) is 375 Å². The zero-order valence-corrected chi connectivity index (χ0v) is 52.9. The first-order valence-corrected chi connectivity index (χ1v) is 34.4. The fraction of sp³-hybridized carbons (Fsp3) is 0.955. The Bertz CT molecular complexity index is 1600. The standard InChI is InChI=1S/C66H125NO18/c1-3-5-7-9-11-13-15-17-19-21-22-23-24-25-26-27-28-29-31-33-35-37-39-41-43-50(71)49(67-54(72)44-42-40-38-36-34-32-30-20-18-16-14-12-10-8-6-4-2)48-80-64-60(78)57(75)62(52(46-69)82-64)85-66-61(79)58(76)63(53(47-70)83-66)84-65-59(77)56(74)55(73)51(45-68)81-65/h20,30,49-53,55-66,68-71,73-79H,3-19,21-29,31-48H2,1-2H3,(H,67,72)/b30-20-. The Kier molecular flexibility index (Phi) is 45.1. The van der Waals surface area contributed by atoms with Gasteiger partial charge in [0.2, 0.25) is 5.91 Å². The molecule has 19 heteroatoms. The lowest BCUT2D eigenvalue weighted by atomic mass is 9.96. The van der Waals surface area contributed by atoms with Gasteiger partial charge in [-0.05, 0) is 38.5 Å². The van der Waals surface area contributed by atoms with Crippen LogP contribution in [0.4, 0.5) is 0 Å². The number of aliphatic hydroxyl groups excluding tert-OH is 11. The van der Waals surface area contributed by atoms with E-state index in [0.29, 0.717) is 12.8 Å². The molecule has 85 heavy (non-hydrogen) atoms. The van der Waals surface area contributed by atoms with Crippen molar-refractivity contribution in [2.24, 2.45) is 0 Å². The van der Waals surface area contributed by atoms with Gasteiger partial charge in [-0.1, -0.05) is 238 Å². The van der Waals surface area contributed by atoms with Gasteiger partial charge in [-0.25, -0.2) is 0 Å². The SMILES string of the molecule is CCCCCCCCC/C=C\CCCCCCCC(=O)NC(COC1OC(CO)C(OC2OC(CO)C(OC3OC(CO)C(O)C(O)C3O)C(O)C2O)C(O)C1O)C(O)CCCCCCCCCCCCCCCCCCCCCCCCCC. The topological polar surface area (TPSA) is 307 Å². The van der Waals surface area contributed by atoms with Crippen LogP contribution >= 0.6 is 0 Å². The summed E-state index contributed by atoms with van der Waals surface area (Å²) >= 11 is 0. The van der Waals surface area contributed by atoms with Crippen LogP contribution in [0.2, 0.25) is 0 Å². The van der Waals surface area contributed by atoms with E-state index in [9.17, 15) is 61.0 Å². The maximum Gasteiger partial charge on any atom is 0.220 e. The van der Waals surface area contributed by atoms with Gasteiger partial charge in [-0.15, -0.1) is 0 Å². The molecule has 3 saturated heterocycles. The highest BCUT2D eigenvalue weighted by atomic mass is 16.8. The summed E-state index contributed by atoms with van der Waals surface area (Å²) in [5, 5.41) is 121. The Hall–Kier alpha value is -1.47. The van der Waals surface area contributed by atoms with Crippen molar-refractivity contribution in [3.05, 3.63) is 12.2 Å². The monoisotopic (exact) mass is 1220 g/mol. The number of hydrogen-bond donors (Lipinski definition) is 12. The zero-order chi connectivity index (χ0) is 61.9. The summed E-state index contributed by atoms with van der Waals surface area (Å²) < 4.78 is 34.4. The van der Waals surface area contributed by atoms with Gasteiger partial charge in [0.1, 0.15) is 73.2 Å². The highest BCUT2D eigenvalue weighted by Crippen LogP contribution is 2.33. The minimum Gasteiger partial charge on any atom is -0.394 e. The molecule has 0 bridgehead atoms. The molecule has 12 N–H and O–H groups in total. The van der Waals surface area contributed by atoms with Crippen LogP contribution in [0.1, 0.15) is 271 Å². The fourth-order valence-electron chi connectivity index (χ4n) is 12.0. The maximum atomic E-state index is 13.4. The molecule has 3 rings (SSSR count). The number of amides is 1. The third kappa shape index (κ3) is 31.9. The molecular weight excluding hydrogens is 1090 g/mol. The molecule has 1 amide bonds. The van der Waals surface area contributed by atoms with E-state index in [4.69, 9.17) is 28.4 Å². The van der Waals surface area contributed by atoms with Crippen LogP contribution in [0.25, 0.3) is 0 Å². The summed E-state index contributed by atoms with van der Waals surface area (Å²) in [5.74, 6) is -0.248. The first-order chi connectivity index (χ1) is 41.3. The molecule has 0 aliphatic carbocycles. The first-order valence-electron chi connectivity index (χ1n) is 34.4. The van der Waals surface area contributed by atoms with Crippen molar-refractivity contribution in [1.82, 2.24) is 5.32 Å². The minimum atomic E-state index is -1.97. The molecule has 19 nitrogen and oxygen atoms in total. The molecule has 502 valence electrons. The van der Waals surface area contributed by atoms with Crippen molar-refractivity contribution < 1.29 is 89.4 Å². The van der Waals surface area contributed by atoms with E-state index < -0.39 is 124 Å². The molecule has 0 spiro atoms. The Labute approximate surface area is 512 Å². The van der Waals surface area contributed by atoms with Gasteiger partial charge >= 0.3 is 0 Å². The number of hydrogen-bond acceptors (Lipinski definition) is 18. The third-order valence-corrected chi connectivity index (χ3v) is 17.6. The lowest BCUT2D eigenvalue weighted by molar-refractivity contribution is -0.379. The van der Waals surface area contributed by atoms with Crippen molar-refractivity contribution in [1.29, 1.82) is 0 Å². The van der Waals surface area contributed by atoms with Gasteiger partial charge in [0.15, 0.2) is 18.9 Å². The van der Waals surface area contributed by atoms with Gasteiger partial charge in [-0.2, -0.15) is 0 Å². The summed E-state index contributed by atoms with van der Waals surface area (Å²) in [6.45, 7) is 1.82. The molecular formula is C66H125NO18. The Balaban J connectivity index is 1.43. The van der Waals surface area contributed by atoms with Gasteiger partial charge in [0.25, 0.3) is 0 Å². The molecule has 3 heterocycles. The van der Waals surface area contributed by atoms with Crippen molar-refractivity contribution in [3.63, 3.8) is 0 Å². The summed E-state index contributed by atoms with van der Waals surface area (Å²) in [7, 11) is 0. The van der Waals surface area contributed by atoms with E-state index in [2.05, 4.69) is 31.3 Å².